The summed E-state index contributed by atoms with van der Waals surface area (Å²) < 4.78 is 6.19. The van der Waals surface area contributed by atoms with Crippen LogP contribution >= 0.6 is 0 Å². The molecule has 1 aliphatic rings. The van der Waals surface area contributed by atoms with Gasteiger partial charge in [-0.25, -0.2) is 0 Å². The number of benzene rings is 2. The predicted octanol–water partition coefficient (Wildman–Crippen LogP) is 3.26. The number of likely N-dealkylation sites (tertiary alicyclic amines) is 1. The van der Waals surface area contributed by atoms with E-state index in [2.05, 4.69) is 36.2 Å². The van der Waals surface area contributed by atoms with Crippen LogP contribution in [0.3, 0.4) is 0 Å². The Morgan fingerprint density at radius 1 is 1.05 bits per heavy atom. The van der Waals surface area contributed by atoms with Gasteiger partial charge in [0.05, 0.1) is 0 Å². The molecular formula is C18H21NO2. The number of nitrogens with zero attached hydrogens (tertiary/aromatic N) is 1. The third kappa shape index (κ3) is 3.37. The van der Waals surface area contributed by atoms with E-state index in [4.69, 9.17) is 4.74 Å². The highest BCUT2D eigenvalue weighted by atomic mass is 16.5. The number of aromatic hydroxyl groups is 1. The highest BCUT2D eigenvalue weighted by Gasteiger charge is 2.30. The van der Waals surface area contributed by atoms with Crippen molar-refractivity contribution in [2.45, 2.75) is 18.4 Å². The number of hydrogen-bond acceptors (Lipinski definition) is 3. The maximum Gasteiger partial charge on any atom is 0.120 e. The van der Waals surface area contributed by atoms with Crippen LogP contribution in [0.4, 0.5) is 0 Å². The average molecular weight is 283 g/mol. The van der Waals surface area contributed by atoms with Crippen molar-refractivity contribution < 1.29 is 9.84 Å². The highest BCUT2D eigenvalue weighted by Crippen LogP contribution is 2.30. The van der Waals surface area contributed by atoms with E-state index in [1.54, 1.807) is 12.1 Å². The molecule has 21 heavy (non-hydrogen) atoms. The molecule has 1 N–H and O–H groups in total. The molecule has 0 aromatic heterocycles. The lowest BCUT2D eigenvalue weighted by Gasteiger charge is -2.37. The van der Waals surface area contributed by atoms with Crippen molar-refractivity contribution in [1.82, 2.24) is 4.90 Å². The van der Waals surface area contributed by atoms with Crippen LogP contribution in [-0.2, 0) is 0 Å². The zero-order chi connectivity index (χ0) is 14.7. The predicted molar refractivity (Wildman–Crippen MR) is 83.8 cm³/mol. The van der Waals surface area contributed by atoms with Gasteiger partial charge >= 0.3 is 0 Å². The van der Waals surface area contributed by atoms with E-state index in [9.17, 15) is 5.11 Å². The maximum atomic E-state index is 9.37. The van der Waals surface area contributed by atoms with Crippen molar-refractivity contribution in [1.29, 1.82) is 0 Å². The number of phenols is 1. The van der Waals surface area contributed by atoms with Crippen LogP contribution in [-0.4, -0.2) is 36.2 Å². The van der Waals surface area contributed by atoms with E-state index in [1.165, 1.54) is 5.56 Å². The van der Waals surface area contributed by atoms with E-state index in [0.717, 1.165) is 25.3 Å². The smallest absolute Gasteiger partial charge is 0.120 e. The monoisotopic (exact) mass is 283 g/mol. The summed E-state index contributed by atoms with van der Waals surface area (Å²) in [6.07, 6.45) is 1.19. The van der Waals surface area contributed by atoms with Gasteiger partial charge in [-0.1, -0.05) is 30.3 Å². The third-order valence-corrected chi connectivity index (χ3v) is 4.10. The second-order valence-corrected chi connectivity index (χ2v) is 5.72. The second-order valence-electron chi connectivity index (χ2n) is 5.72. The Kier molecular flexibility index (Phi) is 4.11. The molecule has 2 aromatic rings. The SMILES string of the molecule is CN1CC[C@@H](Oc2ccc(O)cc2)[C@H](c2ccccc2)C1. The lowest BCUT2D eigenvalue weighted by atomic mass is 9.88. The van der Waals surface area contributed by atoms with Gasteiger partial charge < -0.3 is 14.7 Å². The first kappa shape index (κ1) is 14.0. The Bertz CT molecular complexity index is 568. The van der Waals surface area contributed by atoms with Crippen LogP contribution in [0.5, 0.6) is 11.5 Å². The van der Waals surface area contributed by atoms with Crippen molar-refractivity contribution in [3.63, 3.8) is 0 Å². The summed E-state index contributed by atoms with van der Waals surface area (Å²) in [4.78, 5) is 2.36. The summed E-state index contributed by atoms with van der Waals surface area (Å²) in [6, 6.07) is 17.6. The van der Waals surface area contributed by atoms with Gasteiger partial charge in [0.2, 0.25) is 0 Å². The summed E-state index contributed by atoms with van der Waals surface area (Å²) in [6.45, 7) is 2.05. The average Bonchev–Trinajstić information content (AvgIpc) is 2.52. The molecule has 0 spiro atoms. The molecule has 2 aromatic carbocycles. The minimum absolute atomic E-state index is 0.174. The fourth-order valence-electron chi connectivity index (χ4n) is 2.95. The summed E-state index contributed by atoms with van der Waals surface area (Å²) in [7, 11) is 2.16. The first-order valence-corrected chi connectivity index (χ1v) is 7.41. The number of likely N-dealkylation sites (N-methyl/N-ethyl adjacent to an activating group) is 1. The maximum absolute atomic E-state index is 9.37. The van der Waals surface area contributed by atoms with E-state index in [0.29, 0.717) is 5.92 Å². The number of piperidine rings is 1. The van der Waals surface area contributed by atoms with Crippen molar-refractivity contribution in [3.8, 4) is 11.5 Å². The first-order chi connectivity index (χ1) is 10.2. The van der Waals surface area contributed by atoms with Gasteiger partial charge in [-0.15, -0.1) is 0 Å². The van der Waals surface area contributed by atoms with Crippen LogP contribution in [0.2, 0.25) is 0 Å². The molecule has 0 aliphatic carbocycles. The molecule has 0 amide bonds. The highest BCUT2D eigenvalue weighted by molar-refractivity contribution is 5.31. The first-order valence-electron chi connectivity index (χ1n) is 7.41. The molecule has 2 atom stereocenters. The van der Waals surface area contributed by atoms with Crippen molar-refractivity contribution >= 4 is 0 Å². The van der Waals surface area contributed by atoms with Crippen molar-refractivity contribution in [2.75, 3.05) is 20.1 Å². The molecule has 3 heteroatoms. The van der Waals surface area contributed by atoms with Gasteiger partial charge in [-0.05, 0) is 43.3 Å². The number of hydrogen-bond donors (Lipinski definition) is 1. The lowest BCUT2D eigenvalue weighted by Crippen LogP contribution is -2.42. The zero-order valence-corrected chi connectivity index (χ0v) is 12.3. The summed E-state index contributed by atoms with van der Waals surface area (Å²) in [5.74, 6) is 1.47. The largest absolute Gasteiger partial charge is 0.508 e. The minimum atomic E-state index is 0.174. The molecule has 1 saturated heterocycles. The van der Waals surface area contributed by atoms with E-state index in [1.807, 2.05) is 18.2 Å². The minimum Gasteiger partial charge on any atom is -0.508 e. The molecular weight excluding hydrogens is 262 g/mol. The summed E-state index contributed by atoms with van der Waals surface area (Å²) in [5, 5.41) is 9.37. The van der Waals surface area contributed by atoms with Crippen LogP contribution in [0.15, 0.2) is 54.6 Å². The van der Waals surface area contributed by atoms with Crippen LogP contribution in [0.25, 0.3) is 0 Å². The topological polar surface area (TPSA) is 32.7 Å². The normalized spacial score (nSPS) is 22.9. The number of phenolic OH excluding ortho intramolecular Hbond substituents is 1. The molecule has 0 saturated carbocycles. The molecule has 3 rings (SSSR count). The Labute approximate surface area is 125 Å². The van der Waals surface area contributed by atoms with E-state index >= 15 is 0 Å². The fourth-order valence-corrected chi connectivity index (χ4v) is 2.95. The standard InChI is InChI=1S/C18H21NO2/c1-19-12-11-18(21-16-9-7-15(20)8-10-16)17(13-19)14-5-3-2-4-6-14/h2-10,17-18,20H,11-13H2,1H3/t17-,18+/m0/s1. The summed E-state index contributed by atoms with van der Waals surface area (Å²) >= 11 is 0. The van der Waals surface area contributed by atoms with Crippen molar-refractivity contribution in [2.24, 2.45) is 0 Å². The third-order valence-electron chi connectivity index (χ3n) is 4.10. The molecule has 0 radical (unpaired) electrons. The molecule has 3 nitrogen and oxygen atoms in total. The Morgan fingerprint density at radius 3 is 2.48 bits per heavy atom. The van der Waals surface area contributed by atoms with E-state index in [-0.39, 0.29) is 11.9 Å². The van der Waals surface area contributed by atoms with Crippen LogP contribution in [0, 0.1) is 0 Å². The fraction of sp³-hybridized carbons (Fsp3) is 0.333. The van der Waals surface area contributed by atoms with Crippen LogP contribution in [0.1, 0.15) is 17.9 Å². The second kappa shape index (κ2) is 6.19. The molecule has 1 aliphatic heterocycles. The van der Waals surface area contributed by atoms with Crippen molar-refractivity contribution in [3.05, 3.63) is 60.2 Å². The molecule has 110 valence electrons. The van der Waals surface area contributed by atoms with E-state index < -0.39 is 0 Å². The van der Waals surface area contributed by atoms with Gasteiger partial charge in [-0.3, -0.25) is 0 Å². The number of rotatable bonds is 3. The van der Waals surface area contributed by atoms with Gasteiger partial charge in [0.1, 0.15) is 17.6 Å². The van der Waals surface area contributed by atoms with Gasteiger partial charge in [0.15, 0.2) is 0 Å². The Balaban J connectivity index is 1.79. The van der Waals surface area contributed by atoms with Crippen LogP contribution < -0.4 is 4.74 Å². The van der Waals surface area contributed by atoms with Gasteiger partial charge in [0.25, 0.3) is 0 Å². The molecule has 0 bridgehead atoms. The van der Waals surface area contributed by atoms with Gasteiger partial charge in [0, 0.05) is 19.0 Å². The quantitative estimate of drug-likeness (QED) is 0.938. The molecule has 1 fully saturated rings. The summed E-state index contributed by atoms with van der Waals surface area (Å²) in [5.41, 5.74) is 1.33. The molecule has 0 unspecified atom stereocenters. The lowest BCUT2D eigenvalue weighted by molar-refractivity contribution is 0.0901. The Hall–Kier alpha value is -2.00. The number of ether oxygens (including phenoxy) is 1. The molecule has 1 heterocycles. The van der Waals surface area contributed by atoms with Gasteiger partial charge in [-0.2, -0.15) is 0 Å². The zero-order valence-electron chi connectivity index (χ0n) is 12.3. The Morgan fingerprint density at radius 2 is 1.76 bits per heavy atom.